The van der Waals surface area contributed by atoms with Gasteiger partial charge in [0.25, 0.3) is 5.69 Å². The number of nitrogens with zero attached hydrogens (tertiary/aromatic N) is 3. The predicted octanol–water partition coefficient (Wildman–Crippen LogP) is 1.78. The number of piperazine rings is 1. The fourth-order valence-corrected chi connectivity index (χ4v) is 4.14. The van der Waals surface area contributed by atoms with E-state index in [0.717, 1.165) is 12.5 Å². The molecule has 1 saturated heterocycles. The van der Waals surface area contributed by atoms with E-state index in [1.165, 1.54) is 22.5 Å². The van der Waals surface area contributed by atoms with Crippen molar-refractivity contribution >= 4 is 21.6 Å². The molecule has 136 valence electrons. The number of carbonyl (C=O) groups excluding carboxylic acids is 1. The van der Waals surface area contributed by atoms with Gasteiger partial charge in [-0.15, -0.1) is 0 Å². The summed E-state index contributed by atoms with van der Waals surface area (Å²) in [6.07, 6.45) is 2.60. The van der Waals surface area contributed by atoms with Gasteiger partial charge in [0.05, 0.1) is 9.82 Å². The van der Waals surface area contributed by atoms with E-state index in [1.54, 1.807) is 11.8 Å². The highest BCUT2D eigenvalue weighted by molar-refractivity contribution is 7.89. The molecule has 0 aliphatic carbocycles. The highest BCUT2D eigenvalue weighted by Gasteiger charge is 2.31. The van der Waals surface area contributed by atoms with Crippen LogP contribution in [0.2, 0.25) is 0 Å². The zero-order chi connectivity index (χ0) is 18.6. The smallest absolute Gasteiger partial charge is 0.270 e. The van der Waals surface area contributed by atoms with Gasteiger partial charge in [-0.25, -0.2) is 8.42 Å². The minimum absolute atomic E-state index is 0.0887. The van der Waals surface area contributed by atoms with Crippen LogP contribution in [0.15, 0.2) is 40.8 Å². The lowest BCUT2D eigenvalue weighted by atomic mass is 10.2. The maximum Gasteiger partial charge on any atom is 0.270 e. The Morgan fingerprint density at radius 3 is 2.48 bits per heavy atom. The molecule has 0 bridgehead atoms. The highest BCUT2D eigenvalue weighted by atomic mass is 32.2. The van der Waals surface area contributed by atoms with Crippen LogP contribution in [0.3, 0.4) is 0 Å². The average molecular weight is 367 g/mol. The SMILES string of the molecule is CCC=C(C)C(=O)N1CCN(S(=O)(=O)c2cccc([N+](=O)[O-])c2)CC1. The Morgan fingerprint density at radius 1 is 1.28 bits per heavy atom. The number of rotatable bonds is 5. The van der Waals surface area contributed by atoms with Crippen LogP contribution >= 0.6 is 0 Å². The molecule has 1 aromatic rings. The molecule has 0 radical (unpaired) electrons. The van der Waals surface area contributed by atoms with E-state index >= 15 is 0 Å². The second kappa shape index (κ2) is 7.75. The number of amides is 1. The molecule has 1 aromatic carbocycles. The van der Waals surface area contributed by atoms with Gasteiger partial charge in [-0.2, -0.15) is 4.31 Å². The van der Waals surface area contributed by atoms with Crippen molar-refractivity contribution < 1.29 is 18.1 Å². The van der Waals surface area contributed by atoms with E-state index in [1.807, 2.05) is 13.0 Å². The normalized spacial score (nSPS) is 16.7. The van der Waals surface area contributed by atoms with Crippen LogP contribution in [0.25, 0.3) is 0 Å². The van der Waals surface area contributed by atoms with Gasteiger partial charge in [-0.3, -0.25) is 14.9 Å². The number of carbonyl (C=O) groups is 1. The lowest BCUT2D eigenvalue weighted by molar-refractivity contribution is -0.385. The number of non-ortho nitro benzene ring substituents is 1. The van der Waals surface area contributed by atoms with Crippen molar-refractivity contribution in [2.24, 2.45) is 0 Å². The quantitative estimate of drug-likeness (QED) is 0.449. The Balaban J connectivity index is 2.12. The molecule has 1 aliphatic rings. The summed E-state index contributed by atoms with van der Waals surface area (Å²) in [6, 6.07) is 5.00. The van der Waals surface area contributed by atoms with Gasteiger partial charge in [0.2, 0.25) is 15.9 Å². The summed E-state index contributed by atoms with van der Waals surface area (Å²) in [5.41, 5.74) is 0.382. The molecule has 2 rings (SSSR count). The molecule has 1 amide bonds. The first-order valence-corrected chi connectivity index (χ1v) is 9.42. The summed E-state index contributed by atoms with van der Waals surface area (Å²) in [6.45, 7) is 4.61. The number of hydrogen-bond donors (Lipinski definition) is 0. The van der Waals surface area contributed by atoms with Gasteiger partial charge >= 0.3 is 0 Å². The first-order chi connectivity index (χ1) is 11.8. The van der Waals surface area contributed by atoms with Crippen LogP contribution in [0.4, 0.5) is 5.69 Å². The molecule has 0 spiro atoms. The number of allylic oxidation sites excluding steroid dienone is 1. The maximum atomic E-state index is 12.7. The third-order valence-electron chi connectivity index (χ3n) is 4.04. The van der Waals surface area contributed by atoms with Gasteiger partial charge in [-0.1, -0.05) is 19.1 Å². The lowest BCUT2D eigenvalue weighted by Crippen LogP contribution is -2.50. The Hall–Kier alpha value is -2.26. The fourth-order valence-electron chi connectivity index (χ4n) is 2.68. The Labute approximate surface area is 146 Å². The van der Waals surface area contributed by atoms with Gasteiger partial charge in [0.15, 0.2) is 0 Å². The van der Waals surface area contributed by atoms with Crippen LogP contribution in [-0.2, 0) is 14.8 Å². The summed E-state index contributed by atoms with van der Waals surface area (Å²) in [5, 5.41) is 10.8. The van der Waals surface area contributed by atoms with E-state index in [2.05, 4.69) is 0 Å². The van der Waals surface area contributed by atoms with Gasteiger partial charge in [0, 0.05) is 43.9 Å². The van der Waals surface area contributed by atoms with Crippen LogP contribution < -0.4 is 0 Å². The molecule has 1 fully saturated rings. The van der Waals surface area contributed by atoms with E-state index < -0.39 is 14.9 Å². The number of benzene rings is 1. The van der Waals surface area contributed by atoms with Crippen molar-refractivity contribution in [1.82, 2.24) is 9.21 Å². The molecule has 0 saturated carbocycles. The van der Waals surface area contributed by atoms with Gasteiger partial charge < -0.3 is 4.90 Å². The van der Waals surface area contributed by atoms with E-state index in [-0.39, 0.29) is 29.6 Å². The zero-order valence-corrected chi connectivity index (χ0v) is 15.0. The monoisotopic (exact) mass is 367 g/mol. The van der Waals surface area contributed by atoms with Crippen molar-refractivity contribution in [3.8, 4) is 0 Å². The summed E-state index contributed by atoms with van der Waals surface area (Å²) in [7, 11) is -3.82. The second-order valence-corrected chi connectivity index (χ2v) is 7.68. The first kappa shape index (κ1) is 19.1. The first-order valence-electron chi connectivity index (χ1n) is 7.98. The van der Waals surface area contributed by atoms with Crippen molar-refractivity contribution in [2.45, 2.75) is 25.2 Å². The third-order valence-corrected chi connectivity index (χ3v) is 5.93. The fraction of sp³-hybridized carbons (Fsp3) is 0.438. The summed E-state index contributed by atoms with van der Waals surface area (Å²) >= 11 is 0. The highest BCUT2D eigenvalue weighted by Crippen LogP contribution is 2.22. The molecule has 8 nitrogen and oxygen atoms in total. The molecule has 1 aliphatic heterocycles. The summed E-state index contributed by atoms with van der Waals surface area (Å²) in [4.78, 5) is 24.0. The van der Waals surface area contributed by atoms with Crippen LogP contribution in [0.1, 0.15) is 20.3 Å². The topological polar surface area (TPSA) is 101 Å². The zero-order valence-electron chi connectivity index (χ0n) is 14.2. The Kier molecular flexibility index (Phi) is 5.91. The average Bonchev–Trinajstić information content (AvgIpc) is 2.61. The molecule has 1 heterocycles. The van der Waals surface area contributed by atoms with Gasteiger partial charge in [-0.05, 0) is 19.4 Å². The summed E-state index contributed by atoms with van der Waals surface area (Å²) in [5.74, 6) is -0.0887. The number of hydrogen-bond acceptors (Lipinski definition) is 5. The van der Waals surface area contributed by atoms with Crippen LogP contribution in [0.5, 0.6) is 0 Å². The number of nitro benzene ring substituents is 1. The molecule has 0 aromatic heterocycles. The molecule has 25 heavy (non-hydrogen) atoms. The van der Waals surface area contributed by atoms with E-state index in [4.69, 9.17) is 0 Å². The molecule has 0 atom stereocenters. The second-order valence-electron chi connectivity index (χ2n) is 5.75. The standard InChI is InChI=1S/C16H21N3O5S/c1-3-5-13(2)16(20)17-8-10-18(11-9-17)25(23,24)15-7-4-6-14(12-15)19(21)22/h4-7,12H,3,8-11H2,1-2H3. The molecule has 0 unspecified atom stereocenters. The minimum Gasteiger partial charge on any atom is -0.336 e. The van der Waals surface area contributed by atoms with Crippen molar-refractivity contribution in [3.63, 3.8) is 0 Å². The third kappa shape index (κ3) is 4.23. The van der Waals surface area contributed by atoms with Crippen LogP contribution in [-0.4, -0.2) is 54.6 Å². The van der Waals surface area contributed by atoms with Crippen LogP contribution in [0, 0.1) is 10.1 Å². The van der Waals surface area contributed by atoms with Crippen molar-refractivity contribution in [2.75, 3.05) is 26.2 Å². The number of sulfonamides is 1. The minimum atomic E-state index is -3.82. The predicted molar refractivity (Wildman–Crippen MR) is 92.5 cm³/mol. The molecular weight excluding hydrogens is 346 g/mol. The largest absolute Gasteiger partial charge is 0.336 e. The van der Waals surface area contributed by atoms with Gasteiger partial charge in [0.1, 0.15) is 0 Å². The number of nitro groups is 1. The van der Waals surface area contributed by atoms with E-state index in [0.29, 0.717) is 18.7 Å². The van der Waals surface area contributed by atoms with E-state index in [9.17, 15) is 23.3 Å². The van der Waals surface area contributed by atoms with Crippen molar-refractivity contribution in [1.29, 1.82) is 0 Å². The molecule has 0 N–H and O–H groups in total. The molecule has 9 heteroatoms. The Bertz CT molecular complexity index is 796. The lowest BCUT2D eigenvalue weighted by Gasteiger charge is -2.34. The maximum absolute atomic E-state index is 12.7. The van der Waals surface area contributed by atoms with Crippen molar-refractivity contribution in [3.05, 3.63) is 46.0 Å². The molecular formula is C16H21N3O5S. The Morgan fingerprint density at radius 2 is 1.92 bits per heavy atom. The summed E-state index contributed by atoms with van der Waals surface area (Å²) < 4.78 is 26.6.